The summed E-state index contributed by atoms with van der Waals surface area (Å²) in [5, 5.41) is 22.8. The van der Waals surface area contributed by atoms with Gasteiger partial charge in [0.15, 0.2) is 0 Å². The number of benzene rings is 3. The van der Waals surface area contributed by atoms with Crippen molar-refractivity contribution in [2.75, 3.05) is 0 Å². The summed E-state index contributed by atoms with van der Waals surface area (Å²) in [6.07, 6.45) is 13.7. The number of aromatic carboxylic acids is 1. The summed E-state index contributed by atoms with van der Waals surface area (Å²) in [5.74, 6) is -1.15. The average Bonchev–Trinajstić information content (AvgIpc) is 3.25. The van der Waals surface area contributed by atoms with E-state index in [1.54, 1.807) is 73.8 Å². The van der Waals surface area contributed by atoms with E-state index < -0.39 is 11.4 Å². The smallest absolute Gasteiger partial charge is 0.336 e. The molecule has 0 saturated heterocycles. The maximum Gasteiger partial charge on any atom is 0.336 e. The second kappa shape index (κ2) is 17.6. The van der Waals surface area contributed by atoms with Crippen LogP contribution in [0, 0.1) is 0 Å². The molecule has 13 heteroatoms. The van der Waals surface area contributed by atoms with E-state index in [9.17, 15) is 19.8 Å². The molecule has 11 nitrogen and oxygen atoms in total. The van der Waals surface area contributed by atoms with Gasteiger partial charge in [0.1, 0.15) is 17.1 Å². The minimum absolute atomic E-state index is 0.0184. The molecule has 2 aromatic carbocycles. The number of hydrogen-bond donors (Lipinski definition) is 2. The molecule has 0 bridgehead atoms. The lowest BCUT2D eigenvalue weighted by atomic mass is 9.88. The van der Waals surface area contributed by atoms with E-state index in [1.807, 2.05) is 48.5 Å². The maximum atomic E-state index is 14.4. The van der Waals surface area contributed by atoms with Gasteiger partial charge in [0.2, 0.25) is 5.43 Å². The number of halogens is 2. The fourth-order valence-corrected chi connectivity index (χ4v) is 7.88. The Hall–Kier alpha value is -6.50. The van der Waals surface area contributed by atoms with Crippen LogP contribution >= 0.6 is 23.2 Å². The van der Waals surface area contributed by atoms with E-state index in [-0.39, 0.29) is 51.4 Å². The van der Waals surface area contributed by atoms with Crippen molar-refractivity contribution in [1.82, 2.24) is 29.7 Å². The van der Waals surface area contributed by atoms with Crippen LogP contribution in [0.1, 0.15) is 43.7 Å². The Bertz CT molecular complexity index is 2690. The zero-order chi connectivity index (χ0) is 40.9. The number of carboxylic acids is 1. The fraction of sp³-hybridized carbons (Fsp3) is 0.130. The molecule has 4 aromatic heterocycles. The lowest BCUT2D eigenvalue weighted by Crippen LogP contribution is -2.27. The molecule has 0 radical (unpaired) electrons. The molecular formula is C46H36Cl2N6O5. The summed E-state index contributed by atoms with van der Waals surface area (Å²) in [7, 11) is 0. The molecule has 59 heavy (non-hydrogen) atoms. The normalized spacial score (nSPS) is 11.5. The van der Waals surface area contributed by atoms with Gasteiger partial charge in [-0.05, 0) is 94.5 Å². The predicted octanol–water partition coefficient (Wildman–Crippen LogP) is 9.26. The summed E-state index contributed by atoms with van der Waals surface area (Å²) in [5.41, 5.74) is 5.54. The fourth-order valence-electron chi connectivity index (χ4n) is 7.43. The minimum atomic E-state index is -1.15. The van der Waals surface area contributed by atoms with E-state index >= 15 is 0 Å². The minimum Gasteiger partial charge on any atom is -0.506 e. The first-order chi connectivity index (χ1) is 28.7. The molecule has 294 valence electrons. The molecule has 2 N–H and O–H groups in total. The van der Waals surface area contributed by atoms with Crippen molar-refractivity contribution in [2.45, 2.75) is 39.3 Å². The molecule has 0 amide bonds. The first-order valence-corrected chi connectivity index (χ1v) is 19.4. The average molecular weight is 824 g/mol. The molecule has 1 aliphatic heterocycles. The van der Waals surface area contributed by atoms with Gasteiger partial charge in [0.05, 0.1) is 26.7 Å². The van der Waals surface area contributed by atoms with Crippen molar-refractivity contribution in [2.24, 2.45) is 0 Å². The van der Waals surface area contributed by atoms with E-state index in [0.717, 1.165) is 22.3 Å². The maximum absolute atomic E-state index is 14.4. The monoisotopic (exact) mass is 822 g/mol. The lowest BCUT2D eigenvalue weighted by Gasteiger charge is -2.27. The summed E-state index contributed by atoms with van der Waals surface area (Å²) >= 11 is 13.7. The topological polar surface area (TPSA) is 146 Å². The summed E-state index contributed by atoms with van der Waals surface area (Å²) in [6.45, 7) is 2.06. The van der Waals surface area contributed by atoms with Gasteiger partial charge in [0.25, 0.3) is 0 Å². The van der Waals surface area contributed by atoms with Crippen LogP contribution in [0.4, 0.5) is 0 Å². The number of pyridine rings is 4. The van der Waals surface area contributed by atoms with Crippen molar-refractivity contribution < 1.29 is 19.4 Å². The zero-order valence-electron chi connectivity index (χ0n) is 31.5. The number of phenolic OH excluding ortho intramolecular Hbond substituents is 1. The molecule has 8 rings (SSSR count). The molecule has 0 fully saturated rings. The number of carboxylic acid groups (broad SMARTS) is 1. The van der Waals surface area contributed by atoms with Gasteiger partial charge in [-0.3, -0.25) is 34.5 Å². The van der Waals surface area contributed by atoms with Gasteiger partial charge in [-0.1, -0.05) is 41.4 Å². The molecule has 0 unspecified atom stereocenters. The van der Waals surface area contributed by atoms with Gasteiger partial charge >= 0.3 is 5.97 Å². The van der Waals surface area contributed by atoms with Crippen LogP contribution < -0.4 is 5.43 Å². The number of rotatable bonds is 14. The Balaban J connectivity index is 1.37. The summed E-state index contributed by atoms with van der Waals surface area (Å²) in [6, 6.07) is 25.0. The van der Waals surface area contributed by atoms with Crippen LogP contribution in [0.15, 0.2) is 144 Å². The second-order valence-corrected chi connectivity index (χ2v) is 15.0. The first-order valence-electron chi connectivity index (χ1n) is 18.7. The van der Waals surface area contributed by atoms with Gasteiger partial charge in [-0.25, -0.2) is 4.79 Å². The van der Waals surface area contributed by atoms with Crippen molar-refractivity contribution in [3.63, 3.8) is 0 Å². The van der Waals surface area contributed by atoms with E-state index in [0.29, 0.717) is 53.8 Å². The molecular weight excluding hydrogens is 787 g/mol. The lowest BCUT2D eigenvalue weighted by molar-refractivity contribution is 0.0697. The molecule has 0 spiro atoms. The molecule has 0 saturated carbocycles. The Labute approximate surface area is 349 Å². The van der Waals surface area contributed by atoms with Crippen LogP contribution in [0.3, 0.4) is 0 Å². The van der Waals surface area contributed by atoms with Gasteiger partial charge in [0, 0.05) is 105 Å². The number of nitrogens with zero attached hydrogens (tertiary/aromatic N) is 6. The zero-order valence-corrected chi connectivity index (χ0v) is 33.0. The second-order valence-electron chi connectivity index (χ2n) is 14.1. The van der Waals surface area contributed by atoms with Crippen LogP contribution in [-0.4, -0.2) is 45.9 Å². The SMILES string of the molecule is O=C(O)c1ccccc1-c1c2cc(Cl)c(=O)c(CN(Cc3ccncc3)Cc3ccncc3)c-2oc2c(CN(Cc3ccncc3)Cc3ccncc3)c(O)c(Cl)cc12. The highest BCUT2D eigenvalue weighted by molar-refractivity contribution is 6.33. The highest BCUT2D eigenvalue weighted by Gasteiger charge is 2.30. The summed E-state index contributed by atoms with van der Waals surface area (Å²) < 4.78 is 6.93. The highest BCUT2D eigenvalue weighted by Crippen LogP contribution is 2.48. The molecule has 2 aliphatic rings. The van der Waals surface area contributed by atoms with E-state index in [4.69, 9.17) is 27.6 Å². The van der Waals surface area contributed by atoms with Gasteiger partial charge in [-0.15, -0.1) is 0 Å². The number of fused-ring (bicyclic) bond motifs is 2. The number of carbonyl (C=O) groups is 1. The van der Waals surface area contributed by atoms with Crippen molar-refractivity contribution >= 4 is 40.1 Å². The third-order valence-corrected chi connectivity index (χ3v) is 10.7. The number of aromatic hydroxyl groups is 1. The largest absolute Gasteiger partial charge is 0.506 e. The number of aromatic nitrogens is 4. The Morgan fingerprint density at radius 3 is 1.53 bits per heavy atom. The first kappa shape index (κ1) is 39.3. The molecule has 5 heterocycles. The van der Waals surface area contributed by atoms with Crippen LogP contribution in [-0.2, 0) is 39.3 Å². The van der Waals surface area contributed by atoms with Gasteiger partial charge < -0.3 is 14.6 Å². The van der Waals surface area contributed by atoms with Crippen LogP contribution in [0.25, 0.3) is 33.4 Å². The quantitative estimate of drug-likeness (QED) is 0.101. The summed E-state index contributed by atoms with van der Waals surface area (Å²) in [4.78, 5) is 48.1. The Morgan fingerprint density at radius 2 is 1.05 bits per heavy atom. The van der Waals surface area contributed by atoms with Crippen LogP contribution in [0.5, 0.6) is 5.75 Å². The third kappa shape index (κ3) is 8.69. The van der Waals surface area contributed by atoms with E-state index in [2.05, 4.69) is 29.7 Å². The number of phenols is 1. The van der Waals surface area contributed by atoms with E-state index in [1.165, 1.54) is 12.1 Å². The Morgan fingerprint density at radius 1 is 0.593 bits per heavy atom. The molecule has 6 aromatic rings. The van der Waals surface area contributed by atoms with Crippen molar-refractivity contribution in [3.05, 3.63) is 194 Å². The predicted molar refractivity (Wildman–Crippen MR) is 226 cm³/mol. The highest BCUT2D eigenvalue weighted by atomic mass is 35.5. The molecule has 0 atom stereocenters. The number of hydrogen-bond acceptors (Lipinski definition) is 10. The third-order valence-electron chi connectivity index (χ3n) is 10.1. The molecule has 1 aliphatic carbocycles. The van der Waals surface area contributed by atoms with Crippen molar-refractivity contribution in [1.29, 1.82) is 0 Å². The standard InChI is InChI=1S/C46H36Cl2N6O5/c47-39-21-35-41(33-3-1-2-4-34(33)46(57)58)36-22-40(48)43(56)38(28-54(25-31-9-17-51-18-10-31)26-32-11-19-52-20-12-32)45(36)59-44(35)37(42(39)55)27-53(23-29-5-13-49-14-6-29)24-30-7-15-50-16-8-30/h1-22,55H,23-28H2,(H,57,58). The van der Waals surface area contributed by atoms with Gasteiger partial charge in [-0.2, -0.15) is 0 Å². The van der Waals surface area contributed by atoms with Crippen LogP contribution in [0.2, 0.25) is 10.0 Å². The Kier molecular flexibility index (Phi) is 11.7. The van der Waals surface area contributed by atoms with Crippen molar-refractivity contribution in [3.8, 4) is 28.2 Å².